The average molecular weight is 312 g/mol. The van der Waals surface area contributed by atoms with Gasteiger partial charge in [0.1, 0.15) is 0 Å². The van der Waals surface area contributed by atoms with Gasteiger partial charge in [0, 0.05) is 4.48 Å². The number of nitrogens with one attached hydrogen (secondary N) is 1. The molecule has 0 aromatic heterocycles. The van der Waals surface area contributed by atoms with Gasteiger partial charge < -0.3 is 5.32 Å². The third-order valence-electron chi connectivity index (χ3n) is 3.59. The van der Waals surface area contributed by atoms with E-state index in [-0.39, 0.29) is 0 Å². The van der Waals surface area contributed by atoms with Gasteiger partial charge in [-0.3, -0.25) is 0 Å². The first-order valence-corrected chi connectivity index (χ1v) is 7.88. The molecule has 1 aliphatic heterocycles. The SMILES string of the molecule is C\C=C(Br)/C=C\C(=C\[C@@H](C)C1CCNC1)CCC. The predicted octanol–water partition coefficient (Wildman–Crippen LogP) is 4.81. The fourth-order valence-electron chi connectivity index (χ4n) is 2.39. The molecule has 1 aliphatic rings. The molecule has 0 spiro atoms. The van der Waals surface area contributed by atoms with Crippen LogP contribution in [0.2, 0.25) is 0 Å². The summed E-state index contributed by atoms with van der Waals surface area (Å²) in [4.78, 5) is 0. The van der Waals surface area contributed by atoms with Gasteiger partial charge in [0.2, 0.25) is 0 Å². The second-order valence-electron chi connectivity index (χ2n) is 5.11. The Morgan fingerprint density at radius 3 is 2.78 bits per heavy atom. The van der Waals surface area contributed by atoms with Crippen molar-refractivity contribution in [2.45, 2.75) is 40.0 Å². The highest BCUT2D eigenvalue weighted by Gasteiger charge is 2.19. The minimum absolute atomic E-state index is 0.676. The minimum atomic E-state index is 0.676. The second-order valence-corrected chi connectivity index (χ2v) is 6.03. The third-order valence-corrected chi connectivity index (χ3v) is 4.31. The lowest BCUT2D eigenvalue weighted by Crippen LogP contribution is -2.14. The summed E-state index contributed by atoms with van der Waals surface area (Å²) >= 11 is 3.53. The highest BCUT2D eigenvalue weighted by Crippen LogP contribution is 2.23. The van der Waals surface area contributed by atoms with Crippen molar-refractivity contribution in [2.24, 2.45) is 11.8 Å². The first-order valence-electron chi connectivity index (χ1n) is 7.08. The van der Waals surface area contributed by atoms with Crippen LogP contribution in [0.25, 0.3) is 0 Å². The first kappa shape index (κ1) is 15.7. The van der Waals surface area contributed by atoms with Gasteiger partial charge in [0.05, 0.1) is 0 Å². The second kappa shape index (κ2) is 8.71. The Morgan fingerprint density at radius 2 is 2.22 bits per heavy atom. The molecule has 1 N–H and O–H groups in total. The highest BCUT2D eigenvalue weighted by atomic mass is 79.9. The fourth-order valence-corrected chi connectivity index (χ4v) is 2.53. The van der Waals surface area contributed by atoms with Crippen LogP contribution in [0, 0.1) is 11.8 Å². The molecule has 0 radical (unpaired) electrons. The highest BCUT2D eigenvalue weighted by molar-refractivity contribution is 9.11. The summed E-state index contributed by atoms with van der Waals surface area (Å²) in [6.07, 6.45) is 12.6. The van der Waals surface area contributed by atoms with E-state index in [0.717, 1.165) is 10.4 Å². The monoisotopic (exact) mass is 311 g/mol. The lowest BCUT2D eigenvalue weighted by molar-refractivity contribution is 0.457. The van der Waals surface area contributed by atoms with Crippen LogP contribution in [-0.2, 0) is 0 Å². The number of allylic oxidation sites excluding steroid dienone is 6. The van der Waals surface area contributed by atoms with Crippen LogP contribution < -0.4 is 5.32 Å². The topological polar surface area (TPSA) is 12.0 Å². The van der Waals surface area contributed by atoms with E-state index in [9.17, 15) is 0 Å². The summed E-state index contributed by atoms with van der Waals surface area (Å²) in [6.45, 7) is 9.01. The van der Waals surface area contributed by atoms with Crippen molar-refractivity contribution in [3.8, 4) is 0 Å². The van der Waals surface area contributed by atoms with Crippen molar-refractivity contribution < 1.29 is 0 Å². The molecule has 1 unspecified atom stereocenters. The smallest absolute Gasteiger partial charge is 0.0132 e. The summed E-state index contributed by atoms with van der Waals surface area (Å²) in [7, 11) is 0. The van der Waals surface area contributed by atoms with Gasteiger partial charge in [0.25, 0.3) is 0 Å². The van der Waals surface area contributed by atoms with Crippen LogP contribution in [-0.4, -0.2) is 13.1 Å². The van der Waals surface area contributed by atoms with Crippen molar-refractivity contribution in [2.75, 3.05) is 13.1 Å². The van der Waals surface area contributed by atoms with Gasteiger partial charge in [-0.15, -0.1) is 0 Å². The Bertz CT molecular complexity index is 322. The van der Waals surface area contributed by atoms with E-state index >= 15 is 0 Å². The zero-order valence-electron chi connectivity index (χ0n) is 11.9. The Labute approximate surface area is 121 Å². The van der Waals surface area contributed by atoms with Crippen LogP contribution >= 0.6 is 15.9 Å². The molecule has 0 bridgehead atoms. The summed E-state index contributed by atoms with van der Waals surface area (Å²) in [6, 6.07) is 0. The lowest BCUT2D eigenvalue weighted by Gasteiger charge is -2.15. The zero-order valence-corrected chi connectivity index (χ0v) is 13.5. The molecule has 1 heterocycles. The normalized spacial score (nSPS) is 23.9. The number of hydrogen-bond acceptors (Lipinski definition) is 1. The molecular formula is C16H26BrN. The van der Waals surface area contributed by atoms with Crippen molar-refractivity contribution in [3.05, 3.63) is 34.4 Å². The largest absolute Gasteiger partial charge is 0.316 e. The van der Waals surface area contributed by atoms with Gasteiger partial charge in [0.15, 0.2) is 0 Å². The lowest BCUT2D eigenvalue weighted by atomic mass is 9.90. The van der Waals surface area contributed by atoms with Gasteiger partial charge in [-0.2, -0.15) is 0 Å². The van der Waals surface area contributed by atoms with Crippen LogP contribution in [0.4, 0.5) is 0 Å². The van der Waals surface area contributed by atoms with Crippen LogP contribution in [0.3, 0.4) is 0 Å². The Balaban J connectivity index is 2.66. The number of hydrogen-bond donors (Lipinski definition) is 1. The molecule has 1 nitrogen and oxygen atoms in total. The van der Waals surface area contributed by atoms with Crippen LogP contribution in [0.1, 0.15) is 40.0 Å². The molecule has 1 fully saturated rings. The predicted molar refractivity (Wildman–Crippen MR) is 85.0 cm³/mol. The van der Waals surface area contributed by atoms with Crippen molar-refractivity contribution in [1.82, 2.24) is 5.32 Å². The molecule has 0 amide bonds. The minimum Gasteiger partial charge on any atom is -0.316 e. The molecule has 18 heavy (non-hydrogen) atoms. The zero-order chi connectivity index (χ0) is 13.4. The molecule has 1 saturated heterocycles. The molecule has 0 aromatic carbocycles. The molecule has 0 saturated carbocycles. The Kier molecular flexibility index (Phi) is 7.60. The van der Waals surface area contributed by atoms with E-state index in [1.165, 1.54) is 37.9 Å². The van der Waals surface area contributed by atoms with Crippen LogP contribution in [0.5, 0.6) is 0 Å². The van der Waals surface area contributed by atoms with Gasteiger partial charge >= 0.3 is 0 Å². The van der Waals surface area contributed by atoms with E-state index in [1.807, 2.05) is 6.92 Å². The third kappa shape index (κ3) is 5.53. The van der Waals surface area contributed by atoms with Crippen LogP contribution in [0.15, 0.2) is 34.4 Å². The molecule has 2 heteroatoms. The number of rotatable bonds is 6. The molecule has 2 atom stereocenters. The van der Waals surface area contributed by atoms with Crippen molar-refractivity contribution >= 4 is 15.9 Å². The molecular weight excluding hydrogens is 286 g/mol. The van der Waals surface area contributed by atoms with E-state index < -0.39 is 0 Å². The van der Waals surface area contributed by atoms with E-state index in [1.54, 1.807) is 0 Å². The molecule has 1 rings (SSSR count). The molecule has 0 aromatic rings. The standard InChI is InChI=1S/C16H26BrN/c1-4-6-14(7-8-16(17)5-2)11-13(3)15-9-10-18-12-15/h5,7-8,11,13,15,18H,4,6,9-10,12H2,1-3H3/b8-7-,14-11+,16-5+/t13-,15?/m1/s1. The van der Waals surface area contributed by atoms with Gasteiger partial charge in [-0.05, 0) is 50.8 Å². The van der Waals surface area contributed by atoms with Crippen molar-refractivity contribution in [1.29, 1.82) is 0 Å². The van der Waals surface area contributed by atoms with E-state index in [0.29, 0.717) is 5.92 Å². The van der Waals surface area contributed by atoms with Crippen molar-refractivity contribution in [3.63, 3.8) is 0 Å². The number of halogens is 1. The van der Waals surface area contributed by atoms with E-state index in [4.69, 9.17) is 0 Å². The first-order chi connectivity index (χ1) is 8.67. The maximum Gasteiger partial charge on any atom is 0.0132 e. The fraction of sp³-hybridized carbons (Fsp3) is 0.625. The molecule has 0 aliphatic carbocycles. The van der Waals surface area contributed by atoms with E-state index in [2.05, 4.69) is 59.4 Å². The average Bonchev–Trinajstić information content (AvgIpc) is 2.89. The molecule has 102 valence electrons. The summed E-state index contributed by atoms with van der Waals surface area (Å²) in [5.41, 5.74) is 1.47. The Morgan fingerprint density at radius 1 is 1.44 bits per heavy atom. The summed E-state index contributed by atoms with van der Waals surface area (Å²) < 4.78 is 1.15. The van der Waals surface area contributed by atoms with Gasteiger partial charge in [-0.25, -0.2) is 0 Å². The maximum atomic E-state index is 3.53. The maximum absolute atomic E-state index is 3.53. The summed E-state index contributed by atoms with van der Waals surface area (Å²) in [5, 5.41) is 3.45. The Hall–Kier alpha value is -0.340. The van der Waals surface area contributed by atoms with Gasteiger partial charge in [-0.1, -0.05) is 60.0 Å². The summed E-state index contributed by atoms with van der Waals surface area (Å²) in [5.74, 6) is 1.49. The quantitative estimate of drug-likeness (QED) is 0.694.